The van der Waals surface area contributed by atoms with E-state index in [-0.39, 0.29) is 6.54 Å². The summed E-state index contributed by atoms with van der Waals surface area (Å²) in [6.45, 7) is 5.99. The maximum absolute atomic E-state index is 14.3. The van der Waals surface area contributed by atoms with Crippen LogP contribution in [0.5, 0.6) is 11.5 Å². The summed E-state index contributed by atoms with van der Waals surface area (Å²) < 4.78 is 35.4. The Bertz CT molecular complexity index is 1310. The van der Waals surface area contributed by atoms with Crippen LogP contribution in [0.3, 0.4) is 0 Å². The monoisotopic (exact) mass is 420 g/mol. The summed E-state index contributed by atoms with van der Waals surface area (Å²) >= 11 is 0. The van der Waals surface area contributed by atoms with Crippen LogP contribution in [0.15, 0.2) is 65.7 Å². The summed E-state index contributed by atoms with van der Waals surface area (Å²) in [5.41, 5.74) is 2.18. The van der Waals surface area contributed by atoms with E-state index < -0.39 is 17.2 Å². The predicted octanol–water partition coefficient (Wildman–Crippen LogP) is 5.95. The van der Waals surface area contributed by atoms with Crippen LogP contribution in [-0.2, 0) is 6.54 Å². The largest absolute Gasteiger partial charge is 0.457 e. The van der Waals surface area contributed by atoms with Crippen LogP contribution in [0.4, 0.5) is 8.78 Å². The van der Waals surface area contributed by atoms with E-state index in [1.165, 1.54) is 12.4 Å². The first-order valence-electron chi connectivity index (χ1n) is 10.0. The molecule has 0 N–H and O–H groups in total. The molecule has 1 heterocycles. The van der Waals surface area contributed by atoms with Crippen molar-refractivity contribution < 1.29 is 13.5 Å². The summed E-state index contributed by atoms with van der Waals surface area (Å²) in [5, 5.41) is 0.361. The van der Waals surface area contributed by atoms with Gasteiger partial charge >= 0.3 is 0 Å². The van der Waals surface area contributed by atoms with Gasteiger partial charge in [0.25, 0.3) is 5.56 Å². The van der Waals surface area contributed by atoms with E-state index in [0.29, 0.717) is 39.4 Å². The molecule has 0 saturated heterocycles. The molecule has 0 amide bonds. The second-order valence-electron chi connectivity index (χ2n) is 7.87. The summed E-state index contributed by atoms with van der Waals surface area (Å²) in [4.78, 5) is 16.3. The van der Waals surface area contributed by atoms with Gasteiger partial charge in [0.05, 0.1) is 23.8 Å². The van der Waals surface area contributed by atoms with Crippen LogP contribution < -0.4 is 10.3 Å². The minimum Gasteiger partial charge on any atom is -0.457 e. The van der Waals surface area contributed by atoms with Gasteiger partial charge in [-0.05, 0) is 60.4 Å². The molecule has 0 unspecified atom stereocenters. The highest BCUT2D eigenvalue weighted by Crippen LogP contribution is 2.27. The normalized spacial score (nSPS) is 11.3. The molecule has 0 bridgehead atoms. The molecular formula is C25H22F2N2O2. The summed E-state index contributed by atoms with van der Waals surface area (Å²) in [7, 11) is 0. The van der Waals surface area contributed by atoms with Crippen molar-refractivity contribution in [1.82, 2.24) is 9.55 Å². The van der Waals surface area contributed by atoms with Crippen molar-refractivity contribution in [1.29, 1.82) is 0 Å². The third-order valence-electron chi connectivity index (χ3n) is 5.29. The Kier molecular flexibility index (Phi) is 5.55. The van der Waals surface area contributed by atoms with Gasteiger partial charge in [-0.2, -0.15) is 4.98 Å². The fourth-order valence-corrected chi connectivity index (χ4v) is 3.56. The average Bonchev–Trinajstić information content (AvgIpc) is 2.72. The van der Waals surface area contributed by atoms with Gasteiger partial charge in [0.1, 0.15) is 23.1 Å². The molecule has 6 heteroatoms. The minimum atomic E-state index is -0.630. The number of halogens is 2. The molecule has 31 heavy (non-hydrogen) atoms. The van der Waals surface area contributed by atoms with Gasteiger partial charge in [0, 0.05) is 11.6 Å². The number of ether oxygens (including phenoxy) is 1. The number of rotatable bonds is 5. The van der Waals surface area contributed by atoms with Gasteiger partial charge in [-0.3, -0.25) is 4.79 Å². The zero-order chi connectivity index (χ0) is 22.1. The molecule has 158 valence electrons. The molecule has 3 aromatic carbocycles. The van der Waals surface area contributed by atoms with Crippen LogP contribution in [0, 0.1) is 18.6 Å². The lowest BCUT2D eigenvalue weighted by Crippen LogP contribution is -2.14. The zero-order valence-electron chi connectivity index (χ0n) is 17.5. The van der Waals surface area contributed by atoms with Crippen molar-refractivity contribution >= 4 is 10.9 Å². The molecule has 1 aromatic heterocycles. The lowest BCUT2D eigenvalue weighted by molar-refractivity contribution is 0.482. The summed E-state index contributed by atoms with van der Waals surface area (Å²) in [6, 6.07) is 15.1. The molecule has 4 nitrogen and oxygen atoms in total. The lowest BCUT2D eigenvalue weighted by atomic mass is 10.0. The lowest BCUT2D eigenvalue weighted by Gasteiger charge is -2.14. The molecule has 0 fully saturated rings. The molecule has 0 aliphatic heterocycles. The molecule has 0 saturated carbocycles. The van der Waals surface area contributed by atoms with Gasteiger partial charge in [-0.1, -0.05) is 26.0 Å². The highest BCUT2D eigenvalue weighted by Gasteiger charge is 2.12. The number of nitrogens with zero attached hydrogens (tertiary/aromatic N) is 2. The third-order valence-corrected chi connectivity index (χ3v) is 5.29. The van der Waals surface area contributed by atoms with Crippen LogP contribution in [-0.4, -0.2) is 9.55 Å². The average molecular weight is 420 g/mol. The van der Waals surface area contributed by atoms with Crippen LogP contribution >= 0.6 is 0 Å². The molecule has 0 atom stereocenters. The van der Waals surface area contributed by atoms with Crippen molar-refractivity contribution in [2.75, 3.05) is 0 Å². The highest BCUT2D eigenvalue weighted by atomic mass is 19.1. The van der Waals surface area contributed by atoms with E-state index in [1.54, 1.807) is 29.7 Å². The van der Waals surface area contributed by atoms with Gasteiger partial charge in [0.15, 0.2) is 0 Å². The van der Waals surface area contributed by atoms with Crippen LogP contribution in [0.1, 0.15) is 36.5 Å². The smallest absolute Gasteiger partial charge is 0.280 e. The first kappa shape index (κ1) is 20.7. The van der Waals surface area contributed by atoms with Crippen LogP contribution in [0.2, 0.25) is 0 Å². The van der Waals surface area contributed by atoms with Crippen molar-refractivity contribution in [3.63, 3.8) is 0 Å². The first-order valence-corrected chi connectivity index (χ1v) is 10.0. The highest BCUT2D eigenvalue weighted by molar-refractivity contribution is 5.79. The maximum atomic E-state index is 14.3. The number of fused-ring (bicyclic) bond motifs is 1. The summed E-state index contributed by atoms with van der Waals surface area (Å²) in [6.07, 6.45) is 1.37. The van der Waals surface area contributed by atoms with Gasteiger partial charge in [-0.25, -0.2) is 8.78 Å². The Morgan fingerprint density at radius 3 is 2.55 bits per heavy atom. The van der Waals surface area contributed by atoms with E-state index in [1.807, 2.05) is 24.3 Å². The van der Waals surface area contributed by atoms with E-state index in [2.05, 4.69) is 18.8 Å². The standard InChI is InChI=1S/C25H22F2N2O2/c1-15(2)17-5-4-6-19(10-17)31-20-7-8-24-21(12-20)25(30)28-14-29(24)13-22-16(3)9-18(26)11-23(22)27/h4-12,14-15H,13H2,1-3H3. The molecule has 0 radical (unpaired) electrons. The Hall–Kier alpha value is -3.54. The maximum Gasteiger partial charge on any atom is 0.280 e. The molecule has 4 aromatic rings. The first-order chi connectivity index (χ1) is 14.8. The second kappa shape index (κ2) is 8.30. The summed E-state index contributed by atoms with van der Waals surface area (Å²) in [5.74, 6) is 0.305. The van der Waals surface area contributed by atoms with Crippen molar-refractivity contribution in [2.45, 2.75) is 33.2 Å². The Morgan fingerprint density at radius 2 is 1.81 bits per heavy atom. The number of hydrogen-bond donors (Lipinski definition) is 0. The molecule has 4 rings (SSSR count). The fraction of sp³-hybridized carbons (Fsp3) is 0.200. The predicted molar refractivity (Wildman–Crippen MR) is 117 cm³/mol. The Balaban J connectivity index is 1.71. The minimum absolute atomic E-state index is 0.123. The Labute approximate surface area is 178 Å². The van der Waals surface area contributed by atoms with Crippen molar-refractivity contribution in [2.24, 2.45) is 0 Å². The van der Waals surface area contributed by atoms with E-state index in [4.69, 9.17) is 4.74 Å². The van der Waals surface area contributed by atoms with Gasteiger partial charge < -0.3 is 9.30 Å². The van der Waals surface area contributed by atoms with E-state index in [9.17, 15) is 13.6 Å². The van der Waals surface area contributed by atoms with Crippen LogP contribution in [0.25, 0.3) is 10.9 Å². The Morgan fingerprint density at radius 1 is 1.03 bits per heavy atom. The third kappa shape index (κ3) is 4.33. The zero-order valence-corrected chi connectivity index (χ0v) is 17.5. The fourth-order valence-electron chi connectivity index (χ4n) is 3.56. The quantitative estimate of drug-likeness (QED) is 0.401. The van der Waals surface area contributed by atoms with E-state index >= 15 is 0 Å². The second-order valence-corrected chi connectivity index (χ2v) is 7.87. The molecule has 0 aliphatic carbocycles. The number of aromatic nitrogens is 2. The van der Waals surface area contributed by atoms with Gasteiger partial charge in [0.2, 0.25) is 0 Å². The van der Waals surface area contributed by atoms with E-state index in [0.717, 1.165) is 11.6 Å². The number of hydrogen-bond acceptors (Lipinski definition) is 3. The van der Waals surface area contributed by atoms with Crippen molar-refractivity contribution in [3.05, 3.63) is 99.6 Å². The SMILES string of the molecule is Cc1cc(F)cc(F)c1Cn1cnc(=O)c2cc(Oc3cccc(C(C)C)c3)ccc21. The number of aryl methyl sites for hydroxylation is 1. The van der Waals surface area contributed by atoms with Crippen molar-refractivity contribution in [3.8, 4) is 11.5 Å². The molecular weight excluding hydrogens is 398 g/mol. The topological polar surface area (TPSA) is 44.1 Å². The van der Waals surface area contributed by atoms with Gasteiger partial charge in [-0.15, -0.1) is 0 Å². The molecule has 0 aliphatic rings. The molecule has 0 spiro atoms. The number of benzene rings is 3.